The molecule has 0 radical (unpaired) electrons. The predicted octanol–water partition coefficient (Wildman–Crippen LogP) is 0.507. The number of amides is 1. The first kappa shape index (κ1) is 17.0. The van der Waals surface area contributed by atoms with Crippen molar-refractivity contribution in [3.63, 3.8) is 0 Å². The van der Waals surface area contributed by atoms with Gasteiger partial charge in [0.2, 0.25) is 10.0 Å². The van der Waals surface area contributed by atoms with Gasteiger partial charge in [0.05, 0.1) is 11.9 Å². The van der Waals surface area contributed by atoms with Crippen LogP contribution in [0.4, 0.5) is 5.69 Å². The van der Waals surface area contributed by atoms with Crippen LogP contribution in [0.1, 0.15) is 22.3 Å². The Balaban J connectivity index is 2.03. The average Bonchev–Trinajstić information content (AvgIpc) is 2.85. The standard InChI is InChI=1S/C14H20N2O4S2/c1-21(18)9-3-7-15-14(17)12-4-5-13-11(10-12)6-8-16(13)22(2,19)20/h4-5,10H,3,6-9H2,1-2H3,(H,15,17)/t21-/m1/s1. The Morgan fingerprint density at radius 1 is 1.41 bits per heavy atom. The third-order valence-corrected chi connectivity index (χ3v) is 5.53. The Morgan fingerprint density at radius 3 is 2.77 bits per heavy atom. The van der Waals surface area contributed by atoms with Crippen molar-refractivity contribution in [3.05, 3.63) is 29.3 Å². The second-order valence-electron chi connectivity index (χ2n) is 5.32. The van der Waals surface area contributed by atoms with E-state index in [9.17, 15) is 17.4 Å². The number of nitrogens with zero attached hydrogens (tertiary/aromatic N) is 1. The van der Waals surface area contributed by atoms with Gasteiger partial charge in [0.1, 0.15) is 0 Å². The predicted molar refractivity (Wildman–Crippen MR) is 88.2 cm³/mol. The molecule has 1 aromatic carbocycles. The molecule has 0 unspecified atom stereocenters. The number of sulfonamides is 1. The Bertz CT molecular complexity index is 701. The number of fused-ring (bicyclic) bond motifs is 1. The fourth-order valence-corrected chi connectivity index (χ4v) is 3.95. The Morgan fingerprint density at radius 2 is 2.14 bits per heavy atom. The third kappa shape index (κ3) is 4.07. The van der Waals surface area contributed by atoms with Crippen LogP contribution in [0, 0.1) is 0 Å². The minimum absolute atomic E-state index is 0.192. The number of anilines is 1. The molecule has 1 amide bonds. The molecule has 0 saturated carbocycles. The van der Waals surface area contributed by atoms with Crippen molar-refractivity contribution < 1.29 is 17.4 Å². The average molecular weight is 344 g/mol. The molecule has 1 N–H and O–H groups in total. The molecule has 0 aromatic heterocycles. The molecule has 6 nitrogen and oxygen atoms in total. The van der Waals surface area contributed by atoms with E-state index in [1.165, 1.54) is 10.6 Å². The molecule has 0 bridgehead atoms. The second kappa shape index (κ2) is 6.78. The lowest BCUT2D eigenvalue weighted by Gasteiger charge is -2.16. The SMILES string of the molecule is C[S@@](=O)CCCNC(=O)c1ccc2c(c1)CCN2S(C)(=O)=O. The lowest BCUT2D eigenvalue weighted by molar-refractivity contribution is 0.0953. The molecule has 2 rings (SSSR count). The zero-order chi connectivity index (χ0) is 16.3. The smallest absolute Gasteiger partial charge is 0.251 e. The summed E-state index contributed by atoms with van der Waals surface area (Å²) in [5.74, 6) is 0.371. The minimum atomic E-state index is -3.27. The first-order valence-electron chi connectivity index (χ1n) is 6.98. The van der Waals surface area contributed by atoms with Gasteiger partial charge in [-0.25, -0.2) is 8.42 Å². The molecule has 0 aliphatic carbocycles. The quantitative estimate of drug-likeness (QED) is 0.762. The summed E-state index contributed by atoms with van der Waals surface area (Å²) >= 11 is 0. The summed E-state index contributed by atoms with van der Waals surface area (Å²) in [6, 6.07) is 5.06. The van der Waals surface area contributed by atoms with Gasteiger partial charge in [-0.3, -0.25) is 13.3 Å². The van der Waals surface area contributed by atoms with E-state index < -0.39 is 20.8 Å². The summed E-state index contributed by atoms with van der Waals surface area (Å²) in [6.45, 7) is 0.895. The van der Waals surface area contributed by atoms with Crippen LogP contribution in [0.2, 0.25) is 0 Å². The van der Waals surface area contributed by atoms with Crippen molar-refractivity contribution in [2.24, 2.45) is 0 Å². The van der Waals surface area contributed by atoms with Gasteiger partial charge in [-0.2, -0.15) is 0 Å². The number of rotatable bonds is 6. The monoisotopic (exact) mass is 344 g/mol. The fraction of sp³-hybridized carbons (Fsp3) is 0.500. The van der Waals surface area contributed by atoms with E-state index in [0.717, 1.165) is 5.56 Å². The van der Waals surface area contributed by atoms with Gasteiger partial charge >= 0.3 is 0 Å². The largest absolute Gasteiger partial charge is 0.352 e. The highest BCUT2D eigenvalue weighted by Crippen LogP contribution is 2.30. The molecule has 1 heterocycles. The topological polar surface area (TPSA) is 83.6 Å². The van der Waals surface area contributed by atoms with E-state index in [-0.39, 0.29) is 5.91 Å². The van der Waals surface area contributed by atoms with Gasteiger partial charge in [-0.05, 0) is 36.6 Å². The summed E-state index contributed by atoms with van der Waals surface area (Å²) in [5.41, 5.74) is 2.04. The molecule has 1 aromatic rings. The summed E-state index contributed by atoms with van der Waals surface area (Å²) in [5, 5.41) is 2.78. The van der Waals surface area contributed by atoms with Crippen LogP contribution in [0.25, 0.3) is 0 Å². The van der Waals surface area contributed by atoms with Crippen LogP contribution in [0.5, 0.6) is 0 Å². The van der Waals surface area contributed by atoms with E-state index in [1.54, 1.807) is 24.5 Å². The van der Waals surface area contributed by atoms with Crippen molar-refractivity contribution in [1.29, 1.82) is 0 Å². The summed E-state index contributed by atoms with van der Waals surface area (Å²) < 4.78 is 35.6. The van der Waals surface area contributed by atoms with E-state index in [1.807, 2.05) is 0 Å². The van der Waals surface area contributed by atoms with Crippen LogP contribution in [-0.2, 0) is 27.2 Å². The Kier molecular flexibility index (Phi) is 5.23. The van der Waals surface area contributed by atoms with Gasteiger partial charge in [0.15, 0.2) is 0 Å². The lowest BCUT2D eigenvalue weighted by atomic mass is 10.1. The summed E-state index contributed by atoms with van der Waals surface area (Å²) in [4.78, 5) is 12.0. The van der Waals surface area contributed by atoms with Gasteiger partial charge in [0.25, 0.3) is 5.91 Å². The van der Waals surface area contributed by atoms with Crippen molar-refractivity contribution in [2.45, 2.75) is 12.8 Å². The summed E-state index contributed by atoms with van der Waals surface area (Å²) in [6.07, 6.45) is 4.09. The van der Waals surface area contributed by atoms with Gasteiger partial charge in [-0.15, -0.1) is 0 Å². The Hall–Kier alpha value is -1.41. The molecule has 8 heteroatoms. The first-order valence-corrected chi connectivity index (χ1v) is 10.6. The highest BCUT2D eigenvalue weighted by molar-refractivity contribution is 7.92. The van der Waals surface area contributed by atoms with Crippen molar-refractivity contribution in [2.75, 3.05) is 35.7 Å². The summed E-state index contributed by atoms with van der Waals surface area (Å²) in [7, 11) is -4.12. The molecule has 0 saturated heterocycles. The molecule has 1 aliphatic heterocycles. The van der Waals surface area contributed by atoms with Crippen molar-refractivity contribution >= 4 is 32.4 Å². The van der Waals surface area contributed by atoms with Crippen LogP contribution in [0.3, 0.4) is 0 Å². The molecule has 1 aliphatic rings. The number of carbonyl (C=O) groups is 1. The Labute approximate surface area is 133 Å². The normalized spacial score (nSPS) is 15.5. The second-order valence-corrected chi connectivity index (χ2v) is 8.78. The fourth-order valence-electron chi connectivity index (χ4n) is 2.44. The van der Waals surface area contributed by atoms with Crippen LogP contribution in [0.15, 0.2) is 18.2 Å². The maximum absolute atomic E-state index is 12.0. The molecule has 122 valence electrons. The highest BCUT2D eigenvalue weighted by atomic mass is 32.2. The van der Waals surface area contributed by atoms with Crippen LogP contribution < -0.4 is 9.62 Å². The first-order chi connectivity index (χ1) is 10.3. The molecular formula is C14H20N2O4S2. The molecular weight excluding hydrogens is 324 g/mol. The maximum atomic E-state index is 12.0. The third-order valence-electron chi connectivity index (χ3n) is 3.49. The van der Waals surface area contributed by atoms with Gasteiger partial charge in [-0.1, -0.05) is 0 Å². The van der Waals surface area contributed by atoms with E-state index in [0.29, 0.717) is 42.9 Å². The van der Waals surface area contributed by atoms with Gasteiger partial charge < -0.3 is 5.32 Å². The zero-order valence-electron chi connectivity index (χ0n) is 12.7. The molecule has 0 fully saturated rings. The molecule has 22 heavy (non-hydrogen) atoms. The van der Waals surface area contributed by atoms with Crippen molar-refractivity contribution in [3.8, 4) is 0 Å². The minimum Gasteiger partial charge on any atom is -0.352 e. The number of benzene rings is 1. The maximum Gasteiger partial charge on any atom is 0.251 e. The van der Waals surface area contributed by atoms with Crippen LogP contribution >= 0.6 is 0 Å². The lowest BCUT2D eigenvalue weighted by Crippen LogP contribution is -2.27. The van der Waals surface area contributed by atoms with Crippen molar-refractivity contribution in [1.82, 2.24) is 5.32 Å². The number of carbonyl (C=O) groups excluding carboxylic acids is 1. The molecule has 0 spiro atoms. The van der Waals surface area contributed by atoms with Gasteiger partial charge in [0, 0.05) is 41.5 Å². The molecule has 1 atom stereocenters. The van der Waals surface area contributed by atoms with E-state index in [4.69, 9.17) is 0 Å². The number of nitrogens with one attached hydrogen (secondary N) is 1. The zero-order valence-corrected chi connectivity index (χ0v) is 14.3. The number of hydrogen-bond donors (Lipinski definition) is 1. The number of hydrogen-bond acceptors (Lipinski definition) is 4. The van der Waals surface area contributed by atoms with E-state index in [2.05, 4.69) is 5.32 Å². The van der Waals surface area contributed by atoms with E-state index >= 15 is 0 Å². The highest BCUT2D eigenvalue weighted by Gasteiger charge is 2.26. The van der Waals surface area contributed by atoms with Crippen LogP contribution in [-0.4, -0.2) is 49.9 Å².